The van der Waals surface area contributed by atoms with Crippen LogP contribution in [0.4, 0.5) is 10.1 Å². The van der Waals surface area contributed by atoms with E-state index in [0.29, 0.717) is 17.7 Å². The summed E-state index contributed by atoms with van der Waals surface area (Å²) in [7, 11) is -4.23. The van der Waals surface area contributed by atoms with Crippen molar-refractivity contribution in [2.24, 2.45) is 0 Å². The lowest BCUT2D eigenvalue weighted by atomic mass is 10.2. The highest BCUT2D eigenvalue weighted by Gasteiger charge is 2.30. The summed E-state index contributed by atoms with van der Waals surface area (Å²) in [5, 5.41) is 18.6. The third-order valence-electron chi connectivity index (χ3n) is 5.87. The van der Waals surface area contributed by atoms with E-state index in [1.807, 2.05) is 0 Å². The zero-order chi connectivity index (χ0) is 26.9. The molecule has 2 aromatic carbocycles. The van der Waals surface area contributed by atoms with E-state index >= 15 is 0 Å². The van der Waals surface area contributed by atoms with Gasteiger partial charge in [-0.1, -0.05) is 6.92 Å². The molecule has 1 amide bonds. The van der Waals surface area contributed by atoms with Crippen LogP contribution in [0.2, 0.25) is 0 Å². The molecule has 37 heavy (non-hydrogen) atoms. The molecule has 2 N–H and O–H groups in total. The van der Waals surface area contributed by atoms with Crippen LogP contribution in [-0.2, 0) is 10.0 Å². The average Bonchev–Trinajstić information content (AvgIpc) is 3.61. The molecule has 11 nitrogen and oxygen atoms in total. The molecule has 196 valence electrons. The number of benzene rings is 2. The van der Waals surface area contributed by atoms with E-state index in [2.05, 4.69) is 15.1 Å². The summed E-state index contributed by atoms with van der Waals surface area (Å²) in [6.07, 6.45) is 2.21. The second kappa shape index (κ2) is 10.3. The normalized spacial score (nSPS) is 14.3. The number of hydrogen-bond acceptors (Lipinski definition) is 7. The Morgan fingerprint density at radius 2 is 1.95 bits per heavy atom. The third-order valence-corrected chi connectivity index (χ3v) is 7.48. The number of rotatable bonds is 10. The first-order chi connectivity index (χ1) is 17.5. The highest BCUT2D eigenvalue weighted by atomic mass is 32.2. The number of nitro groups is 1. The van der Waals surface area contributed by atoms with Crippen molar-refractivity contribution in [3.8, 4) is 17.3 Å². The summed E-state index contributed by atoms with van der Waals surface area (Å²) in [4.78, 5) is 23.1. The number of nitrogens with zero attached hydrogens (tertiary/aromatic N) is 3. The van der Waals surface area contributed by atoms with Crippen LogP contribution in [-0.4, -0.2) is 41.1 Å². The van der Waals surface area contributed by atoms with Crippen molar-refractivity contribution in [1.82, 2.24) is 19.8 Å². The van der Waals surface area contributed by atoms with Crippen molar-refractivity contribution in [3.05, 3.63) is 69.7 Å². The van der Waals surface area contributed by atoms with Crippen molar-refractivity contribution < 1.29 is 27.3 Å². The topological polar surface area (TPSA) is 145 Å². The van der Waals surface area contributed by atoms with Gasteiger partial charge in [0, 0.05) is 29.8 Å². The van der Waals surface area contributed by atoms with Gasteiger partial charge in [-0.15, -0.1) is 0 Å². The molecule has 1 atom stereocenters. The minimum absolute atomic E-state index is 0.00129. The Kier molecular flexibility index (Phi) is 7.28. The number of carbonyl (C=O) groups is 1. The molecule has 1 fully saturated rings. The minimum atomic E-state index is -4.23. The van der Waals surface area contributed by atoms with Crippen LogP contribution in [0.3, 0.4) is 0 Å². The van der Waals surface area contributed by atoms with E-state index in [-0.39, 0.29) is 23.4 Å². The standard InChI is InChI=1S/C24H26FN5O6S/c1-4-14(2)28-37(34,35)21-13-19(30(32)33)11-12-20(21)36-24-15(3)22(23(31)26-17-7-8-17)27-29(24)18-9-5-16(25)6-10-18/h5-6,9-14,17,28H,4,7-8H2,1-3H3,(H,26,31)/t14-/m1/s1. The van der Waals surface area contributed by atoms with Crippen molar-refractivity contribution >= 4 is 21.6 Å². The zero-order valence-electron chi connectivity index (χ0n) is 20.4. The molecule has 4 rings (SSSR count). The van der Waals surface area contributed by atoms with Gasteiger partial charge in [-0.2, -0.15) is 9.78 Å². The Hall–Kier alpha value is -3.84. The Morgan fingerprint density at radius 1 is 1.27 bits per heavy atom. The molecular weight excluding hydrogens is 505 g/mol. The van der Waals surface area contributed by atoms with Crippen molar-refractivity contribution in [3.63, 3.8) is 0 Å². The van der Waals surface area contributed by atoms with Gasteiger partial charge in [-0.25, -0.2) is 17.5 Å². The lowest BCUT2D eigenvalue weighted by molar-refractivity contribution is -0.385. The number of hydrogen-bond donors (Lipinski definition) is 2. The molecular formula is C24H26FN5O6S. The lowest BCUT2D eigenvalue weighted by Crippen LogP contribution is -2.32. The van der Waals surface area contributed by atoms with E-state index in [1.165, 1.54) is 35.0 Å². The molecule has 0 unspecified atom stereocenters. The number of sulfonamides is 1. The summed E-state index contributed by atoms with van der Waals surface area (Å²) in [5.41, 5.74) is 0.272. The minimum Gasteiger partial charge on any atom is -0.437 e. The predicted octanol–water partition coefficient (Wildman–Crippen LogP) is 3.99. The quantitative estimate of drug-likeness (QED) is 0.297. The monoisotopic (exact) mass is 531 g/mol. The highest BCUT2D eigenvalue weighted by molar-refractivity contribution is 7.89. The van der Waals surface area contributed by atoms with E-state index in [9.17, 15) is 27.7 Å². The summed E-state index contributed by atoms with van der Waals surface area (Å²) < 4.78 is 49.7. The molecule has 0 aliphatic heterocycles. The average molecular weight is 532 g/mol. The van der Waals surface area contributed by atoms with Crippen molar-refractivity contribution in [2.45, 2.75) is 57.0 Å². The molecule has 1 saturated carbocycles. The van der Waals surface area contributed by atoms with Gasteiger partial charge in [0.1, 0.15) is 16.5 Å². The predicted molar refractivity (Wildman–Crippen MR) is 132 cm³/mol. The number of nitro benzene ring substituents is 1. The number of amides is 1. The van der Waals surface area contributed by atoms with Gasteiger partial charge in [0.15, 0.2) is 5.69 Å². The largest absolute Gasteiger partial charge is 0.437 e. The van der Waals surface area contributed by atoms with Crippen LogP contribution in [0.25, 0.3) is 5.69 Å². The van der Waals surface area contributed by atoms with Gasteiger partial charge in [0.05, 0.1) is 10.6 Å². The summed E-state index contributed by atoms with van der Waals surface area (Å²) >= 11 is 0. The van der Waals surface area contributed by atoms with E-state index in [0.717, 1.165) is 25.0 Å². The van der Waals surface area contributed by atoms with Gasteiger partial charge in [-0.05, 0) is 63.4 Å². The Bertz CT molecular complexity index is 1450. The van der Waals surface area contributed by atoms with Gasteiger partial charge in [0.25, 0.3) is 11.6 Å². The molecule has 13 heteroatoms. The molecule has 0 spiro atoms. The Balaban J connectivity index is 1.84. The van der Waals surface area contributed by atoms with Crippen LogP contribution in [0.15, 0.2) is 47.4 Å². The van der Waals surface area contributed by atoms with Crippen LogP contribution in [0.1, 0.15) is 49.2 Å². The Labute approximate surface area is 212 Å². The summed E-state index contributed by atoms with van der Waals surface area (Å²) in [5.74, 6) is -1.12. The molecule has 0 radical (unpaired) electrons. The number of halogens is 1. The molecule has 1 aliphatic rings. The maximum Gasteiger partial charge on any atom is 0.272 e. The zero-order valence-corrected chi connectivity index (χ0v) is 21.2. The van der Waals surface area contributed by atoms with Gasteiger partial charge in [-0.3, -0.25) is 14.9 Å². The second-order valence-electron chi connectivity index (χ2n) is 8.84. The van der Waals surface area contributed by atoms with Crippen LogP contribution in [0, 0.1) is 22.9 Å². The van der Waals surface area contributed by atoms with Crippen molar-refractivity contribution in [1.29, 1.82) is 0 Å². The molecule has 1 heterocycles. The van der Waals surface area contributed by atoms with Crippen LogP contribution >= 0.6 is 0 Å². The van der Waals surface area contributed by atoms with Gasteiger partial charge in [0.2, 0.25) is 15.9 Å². The Morgan fingerprint density at radius 3 is 2.54 bits per heavy atom. The molecule has 1 aliphatic carbocycles. The number of nitrogens with one attached hydrogen (secondary N) is 2. The molecule has 1 aromatic heterocycles. The highest BCUT2D eigenvalue weighted by Crippen LogP contribution is 2.36. The molecule has 3 aromatic rings. The van der Waals surface area contributed by atoms with Crippen LogP contribution in [0.5, 0.6) is 11.6 Å². The smallest absolute Gasteiger partial charge is 0.272 e. The third kappa shape index (κ3) is 5.78. The summed E-state index contributed by atoms with van der Waals surface area (Å²) in [6.45, 7) is 5.03. The maximum atomic E-state index is 13.6. The fourth-order valence-corrected chi connectivity index (χ4v) is 4.95. The number of aromatic nitrogens is 2. The maximum absolute atomic E-state index is 13.6. The number of ether oxygens (including phenoxy) is 1. The number of carbonyl (C=O) groups excluding carboxylic acids is 1. The van der Waals surface area contributed by atoms with Crippen LogP contribution < -0.4 is 14.8 Å². The number of non-ortho nitro benzene ring substituents is 1. The van der Waals surface area contributed by atoms with E-state index < -0.39 is 43.3 Å². The SMILES string of the molecule is CC[C@@H](C)NS(=O)(=O)c1cc([N+](=O)[O-])ccc1Oc1c(C)c(C(=O)NC2CC2)nn1-c1ccc(F)cc1. The van der Waals surface area contributed by atoms with Crippen molar-refractivity contribution in [2.75, 3.05) is 0 Å². The lowest BCUT2D eigenvalue weighted by Gasteiger charge is -2.16. The summed E-state index contributed by atoms with van der Waals surface area (Å²) in [6, 6.07) is 8.09. The fraction of sp³-hybridized carbons (Fsp3) is 0.333. The molecule has 0 bridgehead atoms. The second-order valence-corrected chi connectivity index (χ2v) is 10.5. The molecule has 0 saturated heterocycles. The van der Waals surface area contributed by atoms with Gasteiger partial charge < -0.3 is 10.1 Å². The van der Waals surface area contributed by atoms with E-state index in [1.54, 1.807) is 20.8 Å². The van der Waals surface area contributed by atoms with E-state index in [4.69, 9.17) is 4.74 Å². The fourth-order valence-electron chi connectivity index (χ4n) is 3.48. The first kappa shape index (κ1) is 26.2. The first-order valence-electron chi connectivity index (χ1n) is 11.6. The van der Waals surface area contributed by atoms with Gasteiger partial charge >= 0.3 is 0 Å². The first-order valence-corrected chi connectivity index (χ1v) is 13.1.